The van der Waals surface area contributed by atoms with E-state index in [0.717, 1.165) is 15.8 Å². The number of aromatic nitrogens is 1. The minimum absolute atomic E-state index is 1.09. The minimum Gasteiger partial charge on any atom is -0.351 e. The zero-order valence-electron chi connectivity index (χ0n) is 8.94. The maximum atomic E-state index is 3.59. The first-order valence-corrected chi connectivity index (χ1v) is 6.30. The molecule has 1 aromatic heterocycles. The molecule has 3 heteroatoms. The predicted octanol–water partition coefficient (Wildman–Crippen LogP) is 4.45. The maximum absolute atomic E-state index is 3.59. The molecule has 17 heavy (non-hydrogen) atoms. The molecule has 0 saturated heterocycles. The highest BCUT2D eigenvalue weighted by Crippen LogP contribution is 2.40. The molecule has 1 aliphatic heterocycles. The molecule has 1 N–H and O–H groups in total. The van der Waals surface area contributed by atoms with E-state index < -0.39 is 0 Å². The van der Waals surface area contributed by atoms with Gasteiger partial charge in [0.2, 0.25) is 0 Å². The Morgan fingerprint density at radius 1 is 1.00 bits per heavy atom. The Kier molecular flexibility index (Phi) is 1.72. The summed E-state index contributed by atoms with van der Waals surface area (Å²) in [6.07, 6.45) is 2.13. The molecule has 0 atom stereocenters. The fraction of sp³-hybridized carbons (Fsp3) is 0. The van der Waals surface area contributed by atoms with Crippen LogP contribution in [0.5, 0.6) is 0 Å². The van der Waals surface area contributed by atoms with Gasteiger partial charge in [-0.1, -0.05) is 18.2 Å². The van der Waals surface area contributed by atoms with Crippen LogP contribution in [-0.4, -0.2) is 4.57 Å². The van der Waals surface area contributed by atoms with Crippen LogP contribution in [0.2, 0.25) is 0 Å². The van der Waals surface area contributed by atoms with E-state index in [0.29, 0.717) is 0 Å². The lowest BCUT2D eigenvalue weighted by Gasteiger charge is -2.22. The van der Waals surface area contributed by atoms with Crippen LogP contribution in [0.3, 0.4) is 0 Å². The van der Waals surface area contributed by atoms with Crippen molar-refractivity contribution < 1.29 is 0 Å². The smallest absolute Gasteiger partial charge is 0.0773 e. The van der Waals surface area contributed by atoms with Crippen molar-refractivity contribution in [2.45, 2.75) is 0 Å². The summed E-state index contributed by atoms with van der Waals surface area (Å²) in [4.78, 5) is 0. The van der Waals surface area contributed by atoms with E-state index in [1.165, 1.54) is 16.6 Å². The first-order valence-electron chi connectivity index (χ1n) is 5.50. The molecule has 0 unspecified atom stereocenters. The lowest BCUT2D eigenvalue weighted by atomic mass is 10.1. The summed E-state index contributed by atoms with van der Waals surface area (Å²) in [6, 6.07) is 14.7. The van der Waals surface area contributed by atoms with Gasteiger partial charge in [0.25, 0.3) is 0 Å². The lowest BCUT2D eigenvalue weighted by Crippen LogP contribution is -2.06. The van der Waals surface area contributed by atoms with Crippen molar-refractivity contribution in [1.29, 1.82) is 0 Å². The zero-order chi connectivity index (χ0) is 11.4. The van der Waals surface area contributed by atoms with E-state index >= 15 is 0 Å². The second-order valence-electron chi connectivity index (χ2n) is 4.19. The summed E-state index contributed by atoms with van der Waals surface area (Å²) in [6.45, 7) is 0. The Hall–Kier alpha value is -1.74. The molecule has 2 aromatic carbocycles. The monoisotopic (exact) mass is 284 g/mol. The number of benzene rings is 2. The number of para-hydroxylation sites is 2. The molecule has 3 aromatic rings. The quantitative estimate of drug-likeness (QED) is 0.505. The molecule has 82 valence electrons. The van der Waals surface area contributed by atoms with Gasteiger partial charge >= 0.3 is 0 Å². The van der Waals surface area contributed by atoms with Crippen molar-refractivity contribution in [3.8, 4) is 5.69 Å². The fourth-order valence-corrected chi connectivity index (χ4v) is 2.92. The number of hydrogen-bond donors (Lipinski definition) is 1. The standard InChI is InChI=1S/C14H9BrN2/c15-10-4-2-6-12-13(10)16-11-5-1-3-9-7-8-17(12)14(9)11/h1-8,16H. The van der Waals surface area contributed by atoms with Gasteiger partial charge in [0.05, 0.1) is 22.6 Å². The average molecular weight is 285 g/mol. The van der Waals surface area contributed by atoms with Crippen molar-refractivity contribution in [2.24, 2.45) is 0 Å². The molecule has 0 aliphatic carbocycles. The molecule has 0 spiro atoms. The number of anilines is 2. The van der Waals surface area contributed by atoms with Gasteiger partial charge in [0.15, 0.2) is 0 Å². The number of nitrogens with zero attached hydrogens (tertiary/aromatic N) is 1. The van der Waals surface area contributed by atoms with Crippen molar-refractivity contribution in [3.63, 3.8) is 0 Å². The van der Waals surface area contributed by atoms with Gasteiger partial charge in [0.1, 0.15) is 0 Å². The van der Waals surface area contributed by atoms with E-state index in [-0.39, 0.29) is 0 Å². The maximum Gasteiger partial charge on any atom is 0.0773 e. The second kappa shape index (κ2) is 3.14. The number of rotatable bonds is 0. The van der Waals surface area contributed by atoms with E-state index in [1.54, 1.807) is 0 Å². The van der Waals surface area contributed by atoms with E-state index in [1.807, 2.05) is 0 Å². The summed E-state index contributed by atoms with van der Waals surface area (Å²) in [5.41, 5.74) is 4.72. The Morgan fingerprint density at radius 3 is 2.82 bits per heavy atom. The van der Waals surface area contributed by atoms with E-state index in [9.17, 15) is 0 Å². The number of halogens is 1. The highest BCUT2D eigenvalue weighted by Gasteiger charge is 2.18. The van der Waals surface area contributed by atoms with Crippen LogP contribution in [0.4, 0.5) is 11.4 Å². The highest BCUT2D eigenvalue weighted by molar-refractivity contribution is 9.10. The van der Waals surface area contributed by atoms with Gasteiger partial charge in [-0.05, 0) is 40.2 Å². The summed E-state index contributed by atoms with van der Waals surface area (Å²) in [5, 5.41) is 4.76. The third kappa shape index (κ3) is 1.15. The SMILES string of the molecule is Brc1cccc2c1Nc1cccc3ccn-2c13. The number of hydrogen-bond acceptors (Lipinski definition) is 1. The Bertz CT molecular complexity index is 743. The van der Waals surface area contributed by atoms with Crippen LogP contribution in [-0.2, 0) is 0 Å². The van der Waals surface area contributed by atoms with Gasteiger partial charge in [-0.15, -0.1) is 0 Å². The Labute approximate surface area is 107 Å². The minimum atomic E-state index is 1.09. The third-order valence-corrected chi connectivity index (χ3v) is 3.88. The highest BCUT2D eigenvalue weighted by atomic mass is 79.9. The van der Waals surface area contributed by atoms with Crippen LogP contribution >= 0.6 is 15.9 Å². The van der Waals surface area contributed by atoms with E-state index in [2.05, 4.69) is 74.5 Å². The molecule has 4 rings (SSSR count). The van der Waals surface area contributed by atoms with Crippen molar-refractivity contribution in [1.82, 2.24) is 4.57 Å². The van der Waals surface area contributed by atoms with Gasteiger partial charge in [-0.3, -0.25) is 0 Å². The molecule has 1 aliphatic rings. The van der Waals surface area contributed by atoms with Gasteiger partial charge in [0, 0.05) is 16.1 Å². The summed E-state index contributed by atoms with van der Waals surface area (Å²) in [5.74, 6) is 0. The van der Waals surface area contributed by atoms with Gasteiger partial charge < -0.3 is 9.88 Å². The summed E-state index contributed by atoms with van der Waals surface area (Å²) in [7, 11) is 0. The van der Waals surface area contributed by atoms with Gasteiger partial charge in [-0.2, -0.15) is 0 Å². The first-order chi connectivity index (χ1) is 8.34. The van der Waals surface area contributed by atoms with Crippen LogP contribution in [0.25, 0.3) is 16.6 Å². The second-order valence-corrected chi connectivity index (χ2v) is 5.04. The molecule has 0 fully saturated rings. The van der Waals surface area contributed by atoms with Crippen LogP contribution in [0, 0.1) is 0 Å². The number of nitrogens with one attached hydrogen (secondary N) is 1. The molecular weight excluding hydrogens is 276 g/mol. The molecule has 2 heterocycles. The van der Waals surface area contributed by atoms with E-state index in [4.69, 9.17) is 0 Å². The topological polar surface area (TPSA) is 17.0 Å². The Morgan fingerprint density at radius 2 is 1.88 bits per heavy atom. The lowest BCUT2D eigenvalue weighted by molar-refractivity contribution is 1.11. The molecule has 0 bridgehead atoms. The molecule has 0 saturated carbocycles. The van der Waals surface area contributed by atoms with Crippen LogP contribution < -0.4 is 5.32 Å². The average Bonchev–Trinajstić information content (AvgIpc) is 2.77. The Balaban J connectivity index is 2.19. The van der Waals surface area contributed by atoms with Crippen molar-refractivity contribution in [3.05, 3.63) is 53.1 Å². The number of fused-ring (bicyclic) bond motifs is 2. The predicted molar refractivity (Wildman–Crippen MR) is 74.3 cm³/mol. The fourth-order valence-electron chi connectivity index (χ4n) is 2.47. The van der Waals surface area contributed by atoms with Crippen molar-refractivity contribution in [2.75, 3.05) is 5.32 Å². The molecule has 0 radical (unpaired) electrons. The molecule has 0 amide bonds. The third-order valence-electron chi connectivity index (χ3n) is 3.22. The normalized spacial score (nSPS) is 12.3. The largest absolute Gasteiger partial charge is 0.351 e. The summed E-state index contributed by atoms with van der Waals surface area (Å²) >= 11 is 3.59. The van der Waals surface area contributed by atoms with Gasteiger partial charge in [-0.25, -0.2) is 0 Å². The zero-order valence-corrected chi connectivity index (χ0v) is 10.5. The van der Waals surface area contributed by atoms with Crippen molar-refractivity contribution >= 4 is 38.2 Å². The molecule has 2 nitrogen and oxygen atoms in total. The summed E-state index contributed by atoms with van der Waals surface area (Å²) < 4.78 is 3.33. The van der Waals surface area contributed by atoms with Crippen LogP contribution in [0.15, 0.2) is 53.1 Å². The van der Waals surface area contributed by atoms with Crippen LogP contribution in [0.1, 0.15) is 0 Å². The first kappa shape index (κ1) is 9.31. The molecular formula is C14H9BrN2.